The molecule has 3 aliphatic carbocycles. The van der Waals surface area contributed by atoms with Gasteiger partial charge in [-0.25, -0.2) is 0 Å². The molecule has 2 aliphatic heterocycles. The number of ketones is 1. The molecule has 0 N–H and O–H groups in total. The van der Waals surface area contributed by atoms with Crippen LogP contribution in [-0.2, 0) is 23.9 Å². The van der Waals surface area contributed by atoms with Gasteiger partial charge in [0.05, 0.1) is 11.3 Å². The van der Waals surface area contributed by atoms with Crippen molar-refractivity contribution >= 4 is 17.7 Å². The second-order valence-electron chi connectivity index (χ2n) is 12.6. The Hall–Kier alpha value is -2.43. The summed E-state index contributed by atoms with van der Waals surface area (Å²) in [6, 6.07) is 0. The van der Waals surface area contributed by atoms with Crippen molar-refractivity contribution in [3.8, 4) is 0 Å². The third kappa shape index (κ3) is 4.68. The molecule has 5 heteroatoms. The molecule has 5 rings (SSSR count). The van der Waals surface area contributed by atoms with Crippen LogP contribution in [0.4, 0.5) is 0 Å². The minimum absolute atomic E-state index is 0.00240. The Balaban J connectivity index is 1.52. The fourth-order valence-corrected chi connectivity index (χ4v) is 8.27. The quantitative estimate of drug-likeness (QED) is 0.324. The lowest BCUT2D eigenvalue weighted by Gasteiger charge is -2.35. The van der Waals surface area contributed by atoms with Gasteiger partial charge in [-0.3, -0.25) is 14.4 Å². The lowest BCUT2D eigenvalue weighted by Crippen LogP contribution is -2.41. The first kappa shape index (κ1) is 26.2. The van der Waals surface area contributed by atoms with Crippen molar-refractivity contribution in [3.63, 3.8) is 0 Å². The predicted molar refractivity (Wildman–Crippen MR) is 142 cm³/mol. The monoisotopic (exact) mass is 506 g/mol. The fraction of sp³-hybridized carbons (Fsp3) is 0.656. The van der Waals surface area contributed by atoms with Crippen molar-refractivity contribution in [2.75, 3.05) is 0 Å². The molecule has 4 fully saturated rings. The molecule has 37 heavy (non-hydrogen) atoms. The average molecular weight is 507 g/mol. The Bertz CT molecular complexity index is 1080. The molecule has 5 aliphatic rings. The van der Waals surface area contributed by atoms with E-state index in [0.717, 1.165) is 44.1 Å². The third-order valence-corrected chi connectivity index (χ3v) is 10.0. The number of hydrogen-bond acceptors (Lipinski definition) is 5. The van der Waals surface area contributed by atoms with Crippen LogP contribution in [0.5, 0.6) is 0 Å². The molecule has 2 saturated heterocycles. The molecule has 0 unspecified atom stereocenters. The van der Waals surface area contributed by atoms with Gasteiger partial charge in [0.25, 0.3) is 0 Å². The van der Waals surface area contributed by atoms with Crippen LogP contribution in [0.2, 0.25) is 0 Å². The second kappa shape index (κ2) is 10.0. The van der Waals surface area contributed by atoms with Crippen molar-refractivity contribution in [3.05, 3.63) is 47.6 Å². The van der Waals surface area contributed by atoms with E-state index in [4.69, 9.17) is 9.47 Å². The summed E-state index contributed by atoms with van der Waals surface area (Å²) in [5.41, 5.74) is 3.81. The summed E-state index contributed by atoms with van der Waals surface area (Å²) in [5, 5.41) is 0. The highest BCUT2D eigenvalue weighted by Gasteiger charge is 2.62. The predicted octanol–water partition coefficient (Wildman–Crippen LogP) is 6.44. The zero-order valence-corrected chi connectivity index (χ0v) is 22.7. The smallest absolute Gasteiger partial charge is 0.313 e. The van der Waals surface area contributed by atoms with Crippen LogP contribution >= 0.6 is 0 Å². The number of rotatable bonds is 4. The zero-order valence-electron chi connectivity index (χ0n) is 22.7. The molecule has 0 aromatic carbocycles. The molecule has 8 atom stereocenters. The van der Waals surface area contributed by atoms with Crippen molar-refractivity contribution in [1.82, 2.24) is 0 Å². The lowest BCUT2D eigenvalue weighted by molar-refractivity contribution is -0.153. The third-order valence-electron chi connectivity index (χ3n) is 10.0. The molecule has 0 radical (unpaired) electrons. The SMILES string of the molecule is C=C1CC[C@H]2C(=C)CC[C@@H]3[C@H](OC(=O)[C@H]3C[C@@]3(CC(C)=O)C(=O)O[C@@H]4C/C(C)=C\CC/C=C(/C)C[C@H]43)[C@@H]12. The standard InChI is InChI=1S/C32H42O5/c1-18-8-6-7-9-19(2)15-27-26(14-18)32(16-22(5)33,31(35)36-27)17-25-24-13-10-20(3)23-12-11-21(4)28(23)29(24)37-30(25)34/h8-9,23-29H,3-4,6-7,10-17H2,1-2,5H3/b18-8-,19-9-/t23-,24-,25-,26+,27+,28-,29-,32+/m0/s1. The molecule has 5 nitrogen and oxygen atoms in total. The highest BCUT2D eigenvalue weighted by molar-refractivity contribution is 5.88. The van der Waals surface area contributed by atoms with E-state index in [2.05, 4.69) is 39.2 Å². The van der Waals surface area contributed by atoms with Crippen LogP contribution in [0.3, 0.4) is 0 Å². The van der Waals surface area contributed by atoms with E-state index in [1.54, 1.807) is 6.92 Å². The van der Waals surface area contributed by atoms with Gasteiger partial charge in [0.1, 0.15) is 18.0 Å². The Labute approximate surface area is 221 Å². The van der Waals surface area contributed by atoms with E-state index in [-0.39, 0.29) is 54.1 Å². The van der Waals surface area contributed by atoms with Gasteiger partial charge < -0.3 is 9.47 Å². The molecule has 0 aromatic heterocycles. The molecule has 0 spiro atoms. The molecular formula is C32H42O5. The molecule has 0 aromatic rings. The van der Waals surface area contributed by atoms with Gasteiger partial charge in [-0.15, -0.1) is 0 Å². The molecule has 2 saturated carbocycles. The highest BCUT2D eigenvalue weighted by Crippen LogP contribution is 2.57. The molecule has 2 heterocycles. The summed E-state index contributed by atoms with van der Waals surface area (Å²) < 4.78 is 12.2. The van der Waals surface area contributed by atoms with Crippen LogP contribution in [0.15, 0.2) is 47.6 Å². The largest absolute Gasteiger partial charge is 0.461 e. The maximum Gasteiger partial charge on any atom is 0.313 e. The highest BCUT2D eigenvalue weighted by atomic mass is 16.6. The maximum absolute atomic E-state index is 13.8. The van der Waals surface area contributed by atoms with E-state index in [1.807, 2.05) is 0 Å². The van der Waals surface area contributed by atoms with Gasteiger partial charge in [-0.2, -0.15) is 0 Å². The summed E-state index contributed by atoms with van der Waals surface area (Å²) in [6.45, 7) is 14.5. The summed E-state index contributed by atoms with van der Waals surface area (Å²) in [7, 11) is 0. The summed E-state index contributed by atoms with van der Waals surface area (Å²) in [6.07, 6.45) is 11.4. The molecule has 200 valence electrons. The van der Waals surface area contributed by atoms with Crippen LogP contribution < -0.4 is 0 Å². The van der Waals surface area contributed by atoms with E-state index in [0.29, 0.717) is 25.2 Å². The Morgan fingerprint density at radius 3 is 2.38 bits per heavy atom. The van der Waals surface area contributed by atoms with Gasteiger partial charge >= 0.3 is 11.9 Å². The van der Waals surface area contributed by atoms with E-state index >= 15 is 0 Å². The first-order chi connectivity index (χ1) is 17.6. The van der Waals surface area contributed by atoms with Crippen molar-refractivity contribution in [2.24, 2.45) is 35.0 Å². The van der Waals surface area contributed by atoms with Crippen molar-refractivity contribution < 1.29 is 23.9 Å². The van der Waals surface area contributed by atoms with E-state index in [9.17, 15) is 14.4 Å². The topological polar surface area (TPSA) is 69.7 Å². The van der Waals surface area contributed by atoms with E-state index in [1.165, 1.54) is 16.7 Å². The van der Waals surface area contributed by atoms with Gasteiger partial charge in [0.2, 0.25) is 0 Å². The molecular weight excluding hydrogens is 464 g/mol. The fourth-order valence-electron chi connectivity index (χ4n) is 8.27. The lowest BCUT2D eigenvalue weighted by atomic mass is 9.62. The Morgan fingerprint density at radius 2 is 1.68 bits per heavy atom. The van der Waals surface area contributed by atoms with E-state index < -0.39 is 11.3 Å². The van der Waals surface area contributed by atoms with Gasteiger partial charge in [0.15, 0.2) is 0 Å². The maximum atomic E-state index is 13.8. The number of carbonyl (C=O) groups excluding carboxylic acids is 3. The number of ether oxygens (including phenoxy) is 2. The number of esters is 2. The van der Waals surface area contributed by atoms with Gasteiger partial charge in [-0.1, -0.05) is 47.6 Å². The second-order valence-corrected chi connectivity index (χ2v) is 12.6. The van der Waals surface area contributed by atoms with Crippen LogP contribution in [0.1, 0.15) is 85.0 Å². The first-order valence-corrected chi connectivity index (χ1v) is 14.2. The summed E-state index contributed by atoms with van der Waals surface area (Å²) in [5.74, 6) is -0.698. The minimum Gasteiger partial charge on any atom is -0.461 e. The normalized spacial score (nSPS) is 42.8. The Kier molecular flexibility index (Phi) is 7.10. The zero-order chi connectivity index (χ0) is 26.5. The number of Topliss-reactive ketones (excluding diaryl/α,β-unsaturated/α-hetero) is 1. The van der Waals surface area contributed by atoms with Gasteiger partial charge in [-0.05, 0) is 78.1 Å². The number of carbonyl (C=O) groups is 3. The number of hydrogen-bond donors (Lipinski definition) is 0. The van der Waals surface area contributed by atoms with Crippen LogP contribution in [0.25, 0.3) is 0 Å². The molecule has 0 amide bonds. The summed E-state index contributed by atoms with van der Waals surface area (Å²) >= 11 is 0. The van der Waals surface area contributed by atoms with Crippen molar-refractivity contribution in [2.45, 2.75) is 97.2 Å². The van der Waals surface area contributed by atoms with Crippen molar-refractivity contribution in [1.29, 1.82) is 0 Å². The van der Waals surface area contributed by atoms with Crippen LogP contribution in [0, 0.1) is 35.0 Å². The Morgan fingerprint density at radius 1 is 1.00 bits per heavy atom. The van der Waals surface area contributed by atoms with Gasteiger partial charge in [0, 0.05) is 30.6 Å². The number of allylic oxidation sites excluding steroid dienone is 4. The number of fused-ring (bicyclic) bond motifs is 4. The molecule has 0 bridgehead atoms. The van der Waals surface area contributed by atoms with Crippen LogP contribution in [-0.4, -0.2) is 29.9 Å². The average Bonchev–Trinajstić information content (AvgIpc) is 3.39. The minimum atomic E-state index is -1.01. The first-order valence-electron chi connectivity index (χ1n) is 14.2. The summed E-state index contributed by atoms with van der Waals surface area (Å²) in [4.78, 5) is 40.0.